The maximum atomic E-state index is 13.7. The molecule has 2 aromatic rings. The standard InChI is InChI=1S/C13H14F3N3O2/c1-3-20-13(21-4-2)11-7-19(18-17-11)12-9(15)5-8(14)6-10(12)16/h5-7,13H,3-4H2,1-2H3. The number of benzene rings is 1. The Morgan fingerprint density at radius 2 is 1.67 bits per heavy atom. The highest BCUT2D eigenvalue weighted by Gasteiger charge is 2.19. The number of ether oxygens (including phenoxy) is 2. The first kappa shape index (κ1) is 15.5. The second kappa shape index (κ2) is 6.68. The van der Waals surface area contributed by atoms with E-state index in [9.17, 15) is 13.2 Å². The minimum absolute atomic E-state index is 0.266. The quantitative estimate of drug-likeness (QED) is 0.770. The van der Waals surface area contributed by atoms with Crippen LogP contribution in [0.1, 0.15) is 25.8 Å². The first-order valence-electron chi connectivity index (χ1n) is 6.37. The molecule has 0 bridgehead atoms. The van der Waals surface area contributed by atoms with Gasteiger partial charge in [0.05, 0.1) is 6.20 Å². The molecule has 114 valence electrons. The lowest BCUT2D eigenvalue weighted by Crippen LogP contribution is -2.09. The predicted molar refractivity (Wildman–Crippen MR) is 67.2 cm³/mol. The van der Waals surface area contributed by atoms with Crippen LogP contribution in [-0.4, -0.2) is 28.2 Å². The summed E-state index contributed by atoms with van der Waals surface area (Å²) in [5, 5.41) is 7.40. The Balaban J connectivity index is 2.35. The van der Waals surface area contributed by atoms with E-state index in [1.54, 1.807) is 13.8 Å². The summed E-state index contributed by atoms with van der Waals surface area (Å²) in [7, 11) is 0. The smallest absolute Gasteiger partial charge is 0.204 e. The third kappa shape index (κ3) is 3.40. The van der Waals surface area contributed by atoms with E-state index >= 15 is 0 Å². The van der Waals surface area contributed by atoms with Crippen LogP contribution in [0.4, 0.5) is 13.2 Å². The maximum absolute atomic E-state index is 13.7. The van der Waals surface area contributed by atoms with Gasteiger partial charge in [0.1, 0.15) is 17.2 Å². The molecule has 0 atom stereocenters. The van der Waals surface area contributed by atoms with E-state index in [1.165, 1.54) is 6.20 Å². The van der Waals surface area contributed by atoms with Crippen LogP contribution in [0.2, 0.25) is 0 Å². The Labute approximate surface area is 119 Å². The molecule has 1 heterocycles. The van der Waals surface area contributed by atoms with Crippen molar-refractivity contribution in [2.45, 2.75) is 20.1 Å². The molecule has 0 saturated heterocycles. The summed E-state index contributed by atoms with van der Waals surface area (Å²) in [6, 6.07) is 1.14. The summed E-state index contributed by atoms with van der Waals surface area (Å²) < 4.78 is 51.7. The molecule has 0 fully saturated rings. The maximum Gasteiger partial charge on any atom is 0.204 e. The average molecular weight is 301 g/mol. The molecule has 5 nitrogen and oxygen atoms in total. The van der Waals surface area contributed by atoms with Gasteiger partial charge in [0, 0.05) is 25.3 Å². The second-order valence-electron chi connectivity index (χ2n) is 4.05. The fourth-order valence-corrected chi connectivity index (χ4v) is 1.77. The minimum Gasteiger partial charge on any atom is -0.347 e. The van der Waals surface area contributed by atoms with Crippen LogP contribution in [0.3, 0.4) is 0 Å². The van der Waals surface area contributed by atoms with E-state index in [0.717, 1.165) is 4.68 Å². The minimum atomic E-state index is -1.08. The normalized spacial score (nSPS) is 11.3. The summed E-state index contributed by atoms with van der Waals surface area (Å²) in [4.78, 5) is 0. The second-order valence-corrected chi connectivity index (χ2v) is 4.05. The van der Waals surface area contributed by atoms with Crippen molar-refractivity contribution < 1.29 is 22.6 Å². The van der Waals surface area contributed by atoms with Gasteiger partial charge in [0.25, 0.3) is 0 Å². The zero-order valence-electron chi connectivity index (χ0n) is 11.5. The molecule has 0 amide bonds. The van der Waals surface area contributed by atoms with E-state index in [1.807, 2.05) is 0 Å². The van der Waals surface area contributed by atoms with E-state index < -0.39 is 29.4 Å². The van der Waals surface area contributed by atoms with Gasteiger partial charge in [-0.3, -0.25) is 0 Å². The van der Waals surface area contributed by atoms with Crippen molar-refractivity contribution in [2.75, 3.05) is 13.2 Å². The van der Waals surface area contributed by atoms with Crippen molar-refractivity contribution in [3.05, 3.63) is 41.5 Å². The lowest BCUT2D eigenvalue weighted by molar-refractivity contribution is -0.142. The van der Waals surface area contributed by atoms with Crippen LogP contribution < -0.4 is 0 Å². The number of hydrogen-bond donors (Lipinski definition) is 0. The number of rotatable bonds is 6. The number of nitrogens with zero attached hydrogens (tertiary/aromatic N) is 3. The van der Waals surface area contributed by atoms with Gasteiger partial charge >= 0.3 is 0 Å². The fourth-order valence-electron chi connectivity index (χ4n) is 1.77. The number of aromatic nitrogens is 3. The van der Waals surface area contributed by atoms with E-state index in [-0.39, 0.29) is 5.69 Å². The van der Waals surface area contributed by atoms with Crippen LogP contribution in [0.5, 0.6) is 0 Å². The van der Waals surface area contributed by atoms with Crippen molar-refractivity contribution in [1.29, 1.82) is 0 Å². The Morgan fingerprint density at radius 3 is 2.19 bits per heavy atom. The van der Waals surface area contributed by atoms with Gasteiger partial charge in [0.15, 0.2) is 11.6 Å². The first-order valence-corrected chi connectivity index (χ1v) is 6.37. The fraction of sp³-hybridized carbons (Fsp3) is 0.385. The van der Waals surface area contributed by atoms with Gasteiger partial charge in [-0.25, -0.2) is 17.9 Å². The van der Waals surface area contributed by atoms with Gasteiger partial charge in [-0.1, -0.05) is 5.21 Å². The van der Waals surface area contributed by atoms with Crippen molar-refractivity contribution in [3.63, 3.8) is 0 Å². The van der Waals surface area contributed by atoms with Crippen LogP contribution in [0, 0.1) is 17.5 Å². The predicted octanol–water partition coefficient (Wildman–Crippen LogP) is 2.76. The summed E-state index contributed by atoms with van der Waals surface area (Å²) in [5.74, 6) is -3.16. The molecule has 0 N–H and O–H groups in total. The van der Waals surface area contributed by atoms with E-state index in [0.29, 0.717) is 25.3 Å². The third-order valence-corrected chi connectivity index (χ3v) is 2.60. The van der Waals surface area contributed by atoms with Crippen LogP contribution in [-0.2, 0) is 9.47 Å². The highest BCUT2D eigenvalue weighted by molar-refractivity contribution is 5.34. The van der Waals surface area contributed by atoms with Gasteiger partial charge < -0.3 is 9.47 Å². The van der Waals surface area contributed by atoms with E-state index in [2.05, 4.69) is 10.3 Å². The van der Waals surface area contributed by atoms with Crippen LogP contribution in [0.25, 0.3) is 5.69 Å². The Bertz CT molecular complexity index is 589. The van der Waals surface area contributed by atoms with Gasteiger partial charge in [0.2, 0.25) is 6.29 Å². The molecule has 0 saturated carbocycles. The van der Waals surface area contributed by atoms with Crippen LogP contribution >= 0.6 is 0 Å². The molecule has 8 heteroatoms. The lowest BCUT2D eigenvalue weighted by atomic mass is 10.3. The molecule has 0 aliphatic rings. The zero-order chi connectivity index (χ0) is 15.4. The van der Waals surface area contributed by atoms with Crippen molar-refractivity contribution in [2.24, 2.45) is 0 Å². The Hall–Kier alpha value is -1.93. The Morgan fingerprint density at radius 1 is 1.10 bits per heavy atom. The average Bonchev–Trinajstić information content (AvgIpc) is 2.86. The summed E-state index contributed by atoms with van der Waals surface area (Å²) in [5.41, 5.74) is -0.247. The zero-order valence-corrected chi connectivity index (χ0v) is 11.5. The lowest BCUT2D eigenvalue weighted by Gasteiger charge is -2.13. The molecule has 0 aliphatic carbocycles. The van der Waals surface area contributed by atoms with Gasteiger partial charge in [-0.15, -0.1) is 5.10 Å². The molecule has 0 unspecified atom stereocenters. The molecule has 1 aromatic heterocycles. The highest BCUT2D eigenvalue weighted by atomic mass is 19.1. The first-order chi connectivity index (χ1) is 10.1. The molecule has 1 aromatic carbocycles. The van der Waals surface area contributed by atoms with Crippen molar-refractivity contribution in [1.82, 2.24) is 15.0 Å². The molecular formula is C13H14F3N3O2. The highest BCUT2D eigenvalue weighted by Crippen LogP contribution is 2.21. The monoisotopic (exact) mass is 301 g/mol. The summed E-state index contributed by atoms with van der Waals surface area (Å²) in [6.07, 6.45) is 0.496. The molecular weight excluding hydrogens is 287 g/mol. The van der Waals surface area contributed by atoms with Gasteiger partial charge in [-0.2, -0.15) is 0 Å². The summed E-state index contributed by atoms with van der Waals surface area (Å²) in [6.45, 7) is 4.29. The number of hydrogen-bond acceptors (Lipinski definition) is 4. The molecule has 0 aliphatic heterocycles. The molecule has 21 heavy (non-hydrogen) atoms. The van der Waals surface area contributed by atoms with E-state index in [4.69, 9.17) is 9.47 Å². The molecule has 0 radical (unpaired) electrons. The molecule has 0 spiro atoms. The largest absolute Gasteiger partial charge is 0.347 e. The summed E-state index contributed by atoms with van der Waals surface area (Å²) >= 11 is 0. The van der Waals surface area contributed by atoms with Crippen LogP contribution in [0.15, 0.2) is 18.3 Å². The SMILES string of the molecule is CCOC(OCC)c1cn(-c2c(F)cc(F)cc2F)nn1. The number of halogens is 3. The van der Waals surface area contributed by atoms with Crippen molar-refractivity contribution >= 4 is 0 Å². The molecule has 2 rings (SSSR count). The third-order valence-electron chi connectivity index (χ3n) is 2.60. The van der Waals surface area contributed by atoms with Gasteiger partial charge in [-0.05, 0) is 13.8 Å². The van der Waals surface area contributed by atoms with Crippen molar-refractivity contribution in [3.8, 4) is 5.69 Å². The Kier molecular flexibility index (Phi) is 4.92. The topological polar surface area (TPSA) is 49.2 Å².